The molecule has 1 N–H and O–H groups in total. The molecule has 0 saturated heterocycles. The van der Waals surface area contributed by atoms with Gasteiger partial charge < -0.3 is 0 Å². The number of hydrogen-bond acceptors (Lipinski definition) is 2. The van der Waals surface area contributed by atoms with Crippen molar-refractivity contribution < 1.29 is 0 Å². The van der Waals surface area contributed by atoms with Gasteiger partial charge in [0, 0.05) is 26.6 Å². The zero-order chi connectivity index (χ0) is 9.72. The molecule has 0 spiro atoms. The fraction of sp³-hybridized carbons (Fsp3) is 1.00. The Bertz CT molecular complexity index is 107. The first-order chi connectivity index (χ1) is 5.50. The second-order valence-corrected chi connectivity index (χ2v) is 5.07. The van der Waals surface area contributed by atoms with Gasteiger partial charge in [0.2, 0.25) is 0 Å². The smallest absolute Gasteiger partial charge is 0.0457 e. The molecule has 0 fully saturated rings. The molecule has 0 saturated carbocycles. The van der Waals surface area contributed by atoms with Crippen LogP contribution in [0.3, 0.4) is 0 Å². The Labute approximate surface area is 78.9 Å². The first kappa shape index (κ1) is 12.3. The third-order valence-electron chi connectivity index (χ3n) is 1.94. The summed E-state index contributed by atoms with van der Waals surface area (Å²) in [6.45, 7) is 11.3. The normalized spacial score (nSPS) is 15.8. The molecule has 0 rings (SSSR count). The van der Waals surface area contributed by atoms with Crippen molar-refractivity contribution in [3.05, 3.63) is 0 Å². The van der Waals surface area contributed by atoms with Gasteiger partial charge in [0.25, 0.3) is 0 Å². The first-order valence-corrected chi connectivity index (χ1v) is 5.61. The van der Waals surface area contributed by atoms with Gasteiger partial charge in [-0.3, -0.25) is 9.99 Å². The average Bonchev–Trinajstić information content (AvgIpc) is 1.85. The first-order valence-electron chi connectivity index (χ1n) is 4.64. The largest absolute Gasteiger partial charge is 0.293 e. The molecular formula is C9H22N2P. The van der Waals surface area contributed by atoms with Gasteiger partial charge in [-0.15, -0.1) is 0 Å². The van der Waals surface area contributed by atoms with E-state index in [1.54, 1.807) is 0 Å². The van der Waals surface area contributed by atoms with Crippen molar-refractivity contribution in [1.29, 1.82) is 0 Å². The van der Waals surface area contributed by atoms with E-state index in [-0.39, 0.29) is 0 Å². The van der Waals surface area contributed by atoms with Crippen molar-refractivity contribution in [2.45, 2.75) is 52.5 Å². The maximum absolute atomic E-state index is 3.19. The van der Waals surface area contributed by atoms with Crippen LogP contribution in [0.5, 0.6) is 0 Å². The third kappa shape index (κ3) is 3.84. The Morgan fingerprint density at radius 3 is 1.67 bits per heavy atom. The van der Waals surface area contributed by atoms with E-state index in [1.165, 1.54) is 8.73 Å². The molecule has 2 nitrogen and oxygen atoms in total. The predicted molar refractivity (Wildman–Crippen MR) is 57.6 cm³/mol. The van der Waals surface area contributed by atoms with Crippen LogP contribution in [-0.4, -0.2) is 29.8 Å². The highest BCUT2D eigenvalue weighted by atomic mass is 31.1. The van der Waals surface area contributed by atoms with E-state index in [2.05, 4.69) is 44.6 Å². The maximum atomic E-state index is 3.19. The predicted octanol–water partition coefficient (Wildman–Crippen LogP) is 2.53. The Hall–Kier alpha value is 0.350. The zero-order valence-electron chi connectivity index (χ0n) is 9.13. The fourth-order valence-corrected chi connectivity index (χ4v) is 2.75. The van der Waals surface area contributed by atoms with Crippen LogP contribution in [0.2, 0.25) is 0 Å². The van der Waals surface area contributed by atoms with Gasteiger partial charge in [-0.25, -0.2) is 0 Å². The SMILES string of the molecule is CN[P]C(C)N(C(C)C)C(C)C. The van der Waals surface area contributed by atoms with Gasteiger partial charge in [-0.2, -0.15) is 0 Å². The number of hydrogen-bond donors (Lipinski definition) is 1. The monoisotopic (exact) mass is 189 g/mol. The van der Waals surface area contributed by atoms with Crippen LogP contribution in [0.1, 0.15) is 34.6 Å². The summed E-state index contributed by atoms with van der Waals surface area (Å²) in [5, 5.41) is 3.19. The van der Waals surface area contributed by atoms with Crippen molar-refractivity contribution in [2.75, 3.05) is 7.05 Å². The summed E-state index contributed by atoms with van der Waals surface area (Å²) in [6.07, 6.45) is 0. The lowest BCUT2D eigenvalue weighted by molar-refractivity contribution is 0.166. The minimum atomic E-state index is 0.593. The zero-order valence-corrected chi connectivity index (χ0v) is 10.0. The molecule has 0 aliphatic heterocycles. The van der Waals surface area contributed by atoms with Crippen LogP contribution in [0.25, 0.3) is 0 Å². The summed E-state index contributed by atoms with van der Waals surface area (Å²) in [5.41, 5.74) is 0. The molecule has 0 aromatic heterocycles. The Balaban J connectivity index is 4.09. The molecule has 0 aromatic carbocycles. The van der Waals surface area contributed by atoms with E-state index in [4.69, 9.17) is 0 Å². The minimum absolute atomic E-state index is 0.593. The molecule has 0 aromatic rings. The van der Waals surface area contributed by atoms with Crippen molar-refractivity contribution >= 4 is 8.73 Å². The van der Waals surface area contributed by atoms with Crippen molar-refractivity contribution in [3.63, 3.8) is 0 Å². The fourth-order valence-electron chi connectivity index (χ4n) is 1.71. The summed E-state index contributed by atoms with van der Waals surface area (Å²) < 4.78 is 0. The van der Waals surface area contributed by atoms with Crippen molar-refractivity contribution in [2.24, 2.45) is 0 Å². The molecular weight excluding hydrogens is 167 g/mol. The summed E-state index contributed by atoms with van der Waals surface area (Å²) >= 11 is 0. The summed E-state index contributed by atoms with van der Waals surface area (Å²) in [6, 6.07) is 1.25. The van der Waals surface area contributed by atoms with Gasteiger partial charge in [-0.1, -0.05) is 0 Å². The Kier molecular flexibility index (Phi) is 6.08. The lowest BCUT2D eigenvalue weighted by Gasteiger charge is -2.35. The van der Waals surface area contributed by atoms with Crippen molar-refractivity contribution in [3.8, 4) is 0 Å². The van der Waals surface area contributed by atoms with Crippen LogP contribution in [0.15, 0.2) is 0 Å². The molecule has 0 heterocycles. The van der Waals surface area contributed by atoms with E-state index in [0.717, 1.165) is 0 Å². The van der Waals surface area contributed by atoms with E-state index in [1.807, 2.05) is 7.05 Å². The molecule has 1 radical (unpaired) electrons. The van der Waals surface area contributed by atoms with E-state index >= 15 is 0 Å². The number of nitrogens with one attached hydrogen (secondary N) is 1. The van der Waals surface area contributed by atoms with Gasteiger partial charge in [0.1, 0.15) is 0 Å². The highest BCUT2D eigenvalue weighted by molar-refractivity contribution is 7.36. The average molecular weight is 189 g/mol. The molecule has 0 amide bonds. The second-order valence-electron chi connectivity index (χ2n) is 3.62. The molecule has 0 aliphatic rings. The van der Waals surface area contributed by atoms with E-state index in [9.17, 15) is 0 Å². The molecule has 73 valence electrons. The van der Waals surface area contributed by atoms with Gasteiger partial charge >= 0.3 is 0 Å². The lowest BCUT2D eigenvalue weighted by Crippen LogP contribution is -2.42. The highest BCUT2D eigenvalue weighted by Crippen LogP contribution is 2.21. The maximum Gasteiger partial charge on any atom is 0.0457 e. The van der Waals surface area contributed by atoms with E-state index in [0.29, 0.717) is 17.9 Å². The van der Waals surface area contributed by atoms with E-state index < -0.39 is 0 Å². The standard InChI is InChI=1S/C9H22N2P/c1-7(2)11(8(3)4)9(5)12-10-6/h7-10H,1-6H3. The third-order valence-corrected chi connectivity index (χ3v) is 2.84. The summed E-state index contributed by atoms with van der Waals surface area (Å²) in [5.74, 6) is 0.593. The topological polar surface area (TPSA) is 15.3 Å². The molecule has 3 heteroatoms. The molecule has 1 unspecified atom stereocenters. The Morgan fingerprint density at radius 1 is 1.00 bits per heavy atom. The van der Waals surface area contributed by atoms with Gasteiger partial charge in [-0.05, 0) is 41.7 Å². The molecule has 0 bridgehead atoms. The van der Waals surface area contributed by atoms with Crippen molar-refractivity contribution in [1.82, 2.24) is 9.99 Å². The van der Waals surface area contributed by atoms with Crippen LogP contribution >= 0.6 is 8.73 Å². The lowest BCUT2D eigenvalue weighted by atomic mass is 10.2. The van der Waals surface area contributed by atoms with Crippen LogP contribution < -0.4 is 5.09 Å². The summed E-state index contributed by atoms with van der Waals surface area (Å²) in [7, 11) is 3.30. The number of rotatable bonds is 5. The molecule has 1 atom stereocenters. The summed E-state index contributed by atoms with van der Waals surface area (Å²) in [4.78, 5) is 2.51. The second kappa shape index (κ2) is 5.90. The van der Waals surface area contributed by atoms with Crippen LogP contribution in [-0.2, 0) is 0 Å². The van der Waals surface area contributed by atoms with Crippen LogP contribution in [0, 0.1) is 0 Å². The van der Waals surface area contributed by atoms with Gasteiger partial charge in [0.15, 0.2) is 0 Å². The molecule has 0 aliphatic carbocycles. The number of nitrogens with zero attached hydrogens (tertiary/aromatic N) is 1. The molecule has 12 heavy (non-hydrogen) atoms. The highest BCUT2D eigenvalue weighted by Gasteiger charge is 2.19. The quantitative estimate of drug-likeness (QED) is 0.668. The minimum Gasteiger partial charge on any atom is -0.293 e. The Morgan fingerprint density at radius 2 is 1.42 bits per heavy atom. The van der Waals surface area contributed by atoms with Gasteiger partial charge in [0.05, 0.1) is 0 Å². The van der Waals surface area contributed by atoms with Crippen LogP contribution in [0.4, 0.5) is 0 Å².